The van der Waals surface area contributed by atoms with E-state index in [9.17, 15) is 0 Å². The van der Waals surface area contributed by atoms with Crippen LogP contribution in [0.2, 0.25) is 0 Å². The second-order valence-corrected chi connectivity index (χ2v) is 5.90. The predicted molar refractivity (Wildman–Crippen MR) is 79.3 cm³/mol. The third-order valence-corrected chi connectivity index (χ3v) is 4.39. The fourth-order valence-electron chi connectivity index (χ4n) is 1.90. The molecule has 1 heteroatoms. The smallest absolute Gasteiger partial charge is 0.00469 e. The Labute approximate surface area is 107 Å². The van der Waals surface area contributed by atoms with E-state index < -0.39 is 0 Å². The minimum Gasteiger partial charge on any atom is -0.159 e. The fourth-order valence-corrected chi connectivity index (χ4v) is 3.20. The molecule has 0 saturated carbocycles. The molecule has 0 aromatic heterocycles. The molecule has 0 nitrogen and oxygen atoms in total. The lowest BCUT2D eigenvalue weighted by atomic mass is 10.1. The molecule has 0 saturated heterocycles. The highest BCUT2D eigenvalue weighted by molar-refractivity contribution is 7.99. The van der Waals surface area contributed by atoms with Gasteiger partial charge in [0.05, 0.1) is 0 Å². The van der Waals surface area contributed by atoms with Crippen molar-refractivity contribution in [3.05, 3.63) is 12.2 Å². The average Bonchev–Trinajstić information content (AvgIpc) is 2.30. The van der Waals surface area contributed by atoms with Gasteiger partial charge in [-0.25, -0.2) is 0 Å². The lowest BCUT2D eigenvalue weighted by Crippen LogP contribution is -2.03. The first kappa shape index (κ1) is 16.1. The van der Waals surface area contributed by atoms with Crippen LogP contribution < -0.4 is 0 Å². The van der Waals surface area contributed by atoms with Crippen LogP contribution in [-0.2, 0) is 0 Å². The molecule has 0 radical (unpaired) electrons. The van der Waals surface area contributed by atoms with E-state index in [1.165, 1.54) is 57.1 Å². The molecular weight excluding hydrogens is 212 g/mol. The maximum Gasteiger partial charge on any atom is 0.00469 e. The molecule has 0 spiro atoms. The molecule has 0 N–H and O–H groups in total. The topological polar surface area (TPSA) is 0 Å². The summed E-state index contributed by atoms with van der Waals surface area (Å²) in [6, 6.07) is 0. The molecule has 0 aliphatic carbocycles. The monoisotopic (exact) mass is 242 g/mol. The number of unbranched alkanes of at least 4 members (excludes halogenated alkanes) is 3. The van der Waals surface area contributed by atoms with E-state index in [2.05, 4.69) is 44.7 Å². The van der Waals surface area contributed by atoms with Crippen LogP contribution in [0.3, 0.4) is 0 Å². The standard InChI is InChI=1S/C15H30S/c1-4-7-8-9-10-11-13-15(12-5-2)16-14-6-3/h4,7,15H,5-6,8-14H2,1-3H3. The lowest BCUT2D eigenvalue weighted by Gasteiger charge is -2.14. The van der Waals surface area contributed by atoms with Crippen molar-refractivity contribution in [3.8, 4) is 0 Å². The first-order chi connectivity index (χ1) is 7.85. The van der Waals surface area contributed by atoms with Gasteiger partial charge in [-0.3, -0.25) is 0 Å². The van der Waals surface area contributed by atoms with Crippen molar-refractivity contribution in [1.82, 2.24) is 0 Å². The van der Waals surface area contributed by atoms with Crippen molar-refractivity contribution in [2.75, 3.05) is 5.75 Å². The Bertz CT molecular complexity index is 152. The van der Waals surface area contributed by atoms with Gasteiger partial charge in [-0.1, -0.05) is 45.3 Å². The molecule has 0 aliphatic heterocycles. The van der Waals surface area contributed by atoms with E-state index >= 15 is 0 Å². The van der Waals surface area contributed by atoms with E-state index in [0.717, 1.165) is 5.25 Å². The molecular formula is C15H30S. The van der Waals surface area contributed by atoms with Crippen LogP contribution in [0.25, 0.3) is 0 Å². The van der Waals surface area contributed by atoms with Gasteiger partial charge in [0.1, 0.15) is 0 Å². The summed E-state index contributed by atoms with van der Waals surface area (Å²) in [5.41, 5.74) is 0. The van der Waals surface area contributed by atoms with Crippen LogP contribution in [0.5, 0.6) is 0 Å². The van der Waals surface area contributed by atoms with Crippen molar-refractivity contribution >= 4 is 11.8 Å². The number of thioether (sulfide) groups is 1. The largest absolute Gasteiger partial charge is 0.159 e. The SMILES string of the molecule is CC=CCCCCCC(CCC)SCCC. The Morgan fingerprint density at radius 2 is 1.81 bits per heavy atom. The molecule has 0 heterocycles. The molecule has 96 valence electrons. The molecule has 0 fully saturated rings. The fraction of sp³-hybridized carbons (Fsp3) is 0.867. The van der Waals surface area contributed by atoms with E-state index in [4.69, 9.17) is 0 Å². The Morgan fingerprint density at radius 3 is 2.44 bits per heavy atom. The average molecular weight is 242 g/mol. The van der Waals surface area contributed by atoms with Gasteiger partial charge < -0.3 is 0 Å². The maximum absolute atomic E-state index is 2.31. The van der Waals surface area contributed by atoms with E-state index in [1.54, 1.807) is 0 Å². The molecule has 1 atom stereocenters. The van der Waals surface area contributed by atoms with Gasteiger partial charge in [-0.15, -0.1) is 0 Å². The molecule has 0 aliphatic rings. The zero-order valence-corrected chi connectivity index (χ0v) is 12.3. The van der Waals surface area contributed by atoms with Crippen molar-refractivity contribution in [3.63, 3.8) is 0 Å². The van der Waals surface area contributed by atoms with Crippen LogP contribution in [0.1, 0.15) is 72.1 Å². The summed E-state index contributed by atoms with van der Waals surface area (Å²) < 4.78 is 0. The first-order valence-corrected chi connectivity index (χ1v) is 8.12. The second kappa shape index (κ2) is 13.2. The Kier molecular flexibility index (Phi) is 13.2. The highest BCUT2D eigenvalue weighted by atomic mass is 32.2. The van der Waals surface area contributed by atoms with Gasteiger partial charge in [0.15, 0.2) is 0 Å². The molecule has 0 rings (SSSR count). The molecule has 1 unspecified atom stereocenters. The Balaban J connectivity index is 3.43. The zero-order valence-electron chi connectivity index (χ0n) is 11.5. The minimum absolute atomic E-state index is 0.937. The summed E-state index contributed by atoms with van der Waals surface area (Å²) in [5, 5.41) is 0.937. The maximum atomic E-state index is 2.31. The molecule has 0 aromatic rings. The van der Waals surface area contributed by atoms with Gasteiger partial charge >= 0.3 is 0 Å². The summed E-state index contributed by atoms with van der Waals surface area (Å²) in [4.78, 5) is 0. The van der Waals surface area contributed by atoms with Crippen LogP contribution in [0, 0.1) is 0 Å². The van der Waals surface area contributed by atoms with Crippen molar-refractivity contribution in [2.24, 2.45) is 0 Å². The van der Waals surface area contributed by atoms with Gasteiger partial charge in [0.25, 0.3) is 0 Å². The van der Waals surface area contributed by atoms with Crippen LogP contribution in [-0.4, -0.2) is 11.0 Å². The van der Waals surface area contributed by atoms with Crippen molar-refractivity contribution < 1.29 is 0 Å². The van der Waals surface area contributed by atoms with Crippen LogP contribution in [0.15, 0.2) is 12.2 Å². The van der Waals surface area contributed by atoms with Crippen LogP contribution >= 0.6 is 11.8 Å². The van der Waals surface area contributed by atoms with Crippen molar-refractivity contribution in [1.29, 1.82) is 0 Å². The molecule has 0 amide bonds. The minimum atomic E-state index is 0.937. The Hall–Kier alpha value is 0.0900. The summed E-state index contributed by atoms with van der Waals surface area (Å²) in [7, 11) is 0. The van der Waals surface area contributed by atoms with Crippen LogP contribution in [0.4, 0.5) is 0 Å². The number of hydrogen-bond donors (Lipinski definition) is 0. The van der Waals surface area contributed by atoms with E-state index in [0.29, 0.717) is 0 Å². The second-order valence-electron chi connectivity index (χ2n) is 4.49. The Morgan fingerprint density at radius 1 is 1.00 bits per heavy atom. The van der Waals surface area contributed by atoms with E-state index in [1.807, 2.05) is 0 Å². The highest BCUT2D eigenvalue weighted by Gasteiger charge is 2.06. The molecule has 0 aromatic carbocycles. The zero-order chi connectivity index (χ0) is 12.1. The highest BCUT2D eigenvalue weighted by Crippen LogP contribution is 2.23. The summed E-state index contributed by atoms with van der Waals surface area (Å²) in [5.74, 6) is 1.35. The third-order valence-electron chi connectivity index (χ3n) is 2.80. The van der Waals surface area contributed by atoms with Gasteiger partial charge in [-0.05, 0) is 44.8 Å². The first-order valence-electron chi connectivity index (χ1n) is 7.07. The van der Waals surface area contributed by atoms with Crippen molar-refractivity contribution in [2.45, 2.75) is 77.4 Å². The van der Waals surface area contributed by atoms with E-state index in [-0.39, 0.29) is 0 Å². The van der Waals surface area contributed by atoms with Gasteiger partial charge in [0.2, 0.25) is 0 Å². The lowest BCUT2D eigenvalue weighted by molar-refractivity contribution is 0.603. The van der Waals surface area contributed by atoms with Gasteiger partial charge in [0, 0.05) is 5.25 Å². The summed E-state index contributed by atoms with van der Waals surface area (Å²) in [6.07, 6.45) is 15.5. The summed E-state index contributed by atoms with van der Waals surface area (Å²) >= 11 is 2.20. The van der Waals surface area contributed by atoms with Gasteiger partial charge in [-0.2, -0.15) is 11.8 Å². The predicted octanol–water partition coefficient (Wildman–Crippen LogP) is 5.82. The molecule has 16 heavy (non-hydrogen) atoms. The quantitative estimate of drug-likeness (QED) is 0.325. The normalized spacial score (nSPS) is 13.4. The number of hydrogen-bond acceptors (Lipinski definition) is 1. The number of allylic oxidation sites excluding steroid dienone is 2. The summed E-state index contributed by atoms with van der Waals surface area (Å²) in [6.45, 7) is 6.71. The number of rotatable bonds is 11. The molecule has 0 bridgehead atoms. The third kappa shape index (κ3) is 10.6.